The van der Waals surface area contributed by atoms with Crippen LogP contribution in [0.1, 0.15) is 50.7 Å². The Balaban J connectivity index is 1.80. The highest BCUT2D eigenvalue weighted by Gasteiger charge is 2.25. The summed E-state index contributed by atoms with van der Waals surface area (Å²) in [6, 6.07) is 7.88. The van der Waals surface area contributed by atoms with E-state index in [2.05, 4.69) is 13.8 Å². The largest absolute Gasteiger partial charge is 0.490 e. The molecule has 7 heteroatoms. The first kappa shape index (κ1) is 27.8. The van der Waals surface area contributed by atoms with Gasteiger partial charge in [-0.15, -0.1) is 0 Å². The Labute approximate surface area is 213 Å². The maximum Gasteiger partial charge on any atom is 0.131 e. The molecule has 0 fully saturated rings. The highest BCUT2D eigenvalue weighted by molar-refractivity contribution is 6.30. The van der Waals surface area contributed by atoms with E-state index in [9.17, 15) is 10.2 Å². The zero-order chi connectivity index (χ0) is 25.0. The minimum atomic E-state index is -0.727. The topological polar surface area (TPSA) is 77.4 Å². The Morgan fingerprint density at radius 1 is 0.800 bits per heavy atom. The molecule has 0 radical (unpaired) electrons. The van der Waals surface area contributed by atoms with E-state index in [-0.39, 0.29) is 26.4 Å². The second-order valence-corrected chi connectivity index (χ2v) is 9.46. The SMILES string of the molecule is CCCCOCC(O)COc1c2c(c(OCC(O)COCCCC)c3ccccc13)CC(Cl)=CC2. The molecule has 0 saturated carbocycles. The molecule has 2 N–H and O–H groups in total. The molecule has 2 atom stereocenters. The van der Waals surface area contributed by atoms with Crippen LogP contribution in [0.4, 0.5) is 0 Å². The van der Waals surface area contributed by atoms with Crippen molar-refractivity contribution in [3.05, 3.63) is 46.5 Å². The predicted octanol–water partition coefficient (Wildman–Crippen LogP) is 5.17. The number of halogens is 1. The fourth-order valence-corrected chi connectivity index (χ4v) is 4.26. The lowest BCUT2D eigenvalue weighted by Gasteiger charge is -2.25. The van der Waals surface area contributed by atoms with E-state index in [0.717, 1.165) is 58.4 Å². The van der Waals surface area contributed by atoms with Crippen LogP contribution >= 0.6 is 11.6 Å². The van der Waals surface area contributed by atoms with Crippen molar-refractivity contribution in [2.45, 2.75) is 64.6 Å². The Hall–Kier alpha value is -1.83. The fourth-order valence-electron chi connectivity index (χ4n) is 4.05. The van der Waals surface area contributed by atoms with Crippen molar-refractivity contribution in [2.24, 2.45) is 0 Å². The van der Waals surface area contributed by atoms with Gasteiger partial charge in [-0.05, 0) is 19.3 Å². The molecule has 0 saturated heterocycles. The van der Waals surface area contributed by atoms with Crippen LogP contribution in [0.3, 0.4) is 0 Å². The average molecular weight is 507 g/mol. The molecule has 0 amide bonds. The van der Waals surface area contributed by atoms with Crippen LogP contribution in [0.15, 0.2) is 35.4 Å². The summed E-state index contributed by atoms with van der Waals surface area (Å²) in [7, 11) is 0. The molecule has 6 nitrogen and oxygen atoms in total. The number of hydrogen-bond donors (Lipinski definition) is 2. The first-order chi connectivity index (χ1) is 17.0. The zero-order valence-electron chi connectivity index (χ0n) is 20.9. The molecule has 2 aromatic carbocycles. The fraction of sp³-hybridized carbons (Fsp3) is 0.571. The van der Waals surface area contributed by atoms with Crippen LogP contribution in [0.5, 0.6) is 11.5 Å². The lowest BCUT2D eigenvalue weighted by molar-refractivity contribution is 0.0108. The molecule has 0 aliphatic heterocycles. The molecule has 0 spiro atoms. The van der Waals surface area contributed by atoms with Crippen LogP contribution in [0.2, 0.25) is 0 Å². The summed E-state index contributed by atoms with van der Waals surface area (Å²) in [6.07, 6.45) is 5.72. The summed E-state index contributed by atoms with van der Waals surface area (Å²) in [5.74, 6) is 1.45. The molecule has 1 aliphatic rings. The Bertz CT molecular complexity index is 960. The molecule has 3 rings (SSSR count). The number of rotatable bonds is 16. The number of aliphatic hydroxyl groups is 2. The van der Waals surface area contributed by atoms with Gasteiger partial charge in [0.25, 0.3) is 0 Å². The van der Waals surface area contributed by atoms with Gasteiger partial charge in [-0.1, -0.05) is 68.6 Å². The molecule has 0 aromatic heterocycles. The zero-order valence-corrected chi connectivity index (χ0v) is 21.7. The number of aliphatic hydroxyl groups excluding tert-OH is 2. The van der Waals surface area contributed by atoms with Crippen molar-refractivity contribution < 1.29 is 29.2 Å². The molecular formula is C28H39ClO6. The molecule has 2 unspecified atom stereocenters. The summed E-state index contributed by atoms with van der Waals surface area (Å²) in [5, 5.41) is 23.3. The quantitative estimate of drug-likeness (QED) is 0.306. The van der Waals surface area contributed by atoms with Crippen molar-refractivity contribution in [3.8, 4) is 11.5 Å². The molecule has 35 heavy (non-hydrogen) atoms. The number of unbranched alkanes of at least 4 members (excludes halogenated alkanes) is 2. The van der Waals surface area contributed by atoms with Crippen LogP contribution in [-0.4, -0.2) is 62.1 Å². The van der Waals surface area contributed by atoms with Gasteiger partial charge in [0.1, 0.15) is 36.9 Å². The Kier molecular flexibility index (Phi) is 11.6. The molecule has 0 heterocycles. The van der Waals surface area contributed by atoms with Crippen molar-refractivity contribution in [3.63, 3.8) is 0 Å². The standard InChI is InChI=1S/C28H39ClO6/c1-3-5-13-32-16-21(30)18-34-27-23-9-7-8-10-24(23)28(26-15-20(29)11-12-25(26)27)35-19-22(31)17-33-14-6-4-2/h7-11,21-22,30-31H,3-6,12-19H2,1-2H3. The van der Waals surface area contributed by atoms with E-state index in [1.54, 1.807) is 0 Å². The van der Waals surface area contributed by atoms with Gasteiger partial charge in [0.05, 0.1) is 13.2 Å². The molecule has 2 aromatic rings. The number of allylic oxidation sites excluding steroid dienone is 2. The van der Waals surface area contributed by atoms with Gasteiger partial charge in [0.2, 0.25) is 0 Å². The van der Waals surface area contributed by atoms with E-state index < -0.39 is 12.2 Å². The number of fused-ring (bicyclic) bond motifs is 2. The third kappa shape index (κ3) is 8.09. The summed E-state index contributed by atoms with van der Waals surface area (Å²) < 4.78 is 23.5. The maximum absolute atomic E-state index is 10.4. The van der Waals surface area contributed by atoms with Gasteiger partial charge in [-0.25, -0.2) is 0 Å². The molecular weight excluding hydrogens is 468 g/mol. The predicted molar refractivity (Wildman–Crippen MR) is 140 cm³/mol. The van der Waals surface area contributed by atoms with Gasteiger partial charge in [0.15, 0.2) is 0 Å². The first-order valence-corrected chi connectivity index (χ1v) is 13.1. The molecule has 0 bridgehead atoms. The van der Waals surface area contributed by atoms with E-state index in [0.29, 0.717) is 31.8 Å². The van der Waals surface area contributed by atoms with Crippen LogP contribution < -0.4 is 9.47 Å². The maximum atomic E-state index is 10.4. The van der Waals surface area contributed by atoms with Crippen LogP contribution in [-0.2, 0) is 22.3 Å². The van der Waals surface area contributed by atoms with E-state index in [1.807, 2.05) is 30.3 Å². The van der Waals surface area contributed by atoms with Gasteiger partial charge in [-0.3, -0.25) is 0 Å². The average Bonchev–Trinajstić information content (AvgIpc) is 2.86. The molecule has 194 valence electrons. The van der Waals surface area contributed by atoms with E-state index >= 15 is 0 Å². The Morgan fingerprint density at radius 2 is 1.31 bits per heavy atom. The third-order valence-electron chi connectivity index (χ3n) is 5.95. The normalized spacial score (nSPS) is 14.9. The lowest BCUT2D eigenvalue weighted by Crippen LogP contribution is -2.25. The number of ether oxygens (including phenoxy) is 4. The van der Waals surface area contributed by atoms with Crippen molar-refractivity contribution >= 4 is 22.4 Å². The first-order valence-electron chi connectivity index (χ1n) is 12.7. The summed E-state index contributed by atoms with van der Waals surface area (Å²) in [6.45, 7) is 6.21. The summed E-state index contributed by atoms with van der Waals surface area (Å²) in [5.41, 5.74) is 1.95. The summed E-state index contributed by atoms with van der Waals surface area (Å²) in [4.78, 5) is 0. The monoisotopic (exact) mass is 506 g/mol. The second kappa shape index (κ2) is 14.7. The van der Waals surface area contributed by atoms with Gasteiger partial charge < -0.3 is 29.2 Å². The molecule has 1 aliphatic carbocycles. The van der Waals surface area contributed by atoms with Crippen LogP contribution in [0, 0.1) is 0 Å². The van der Waals surface area contributed by atoms with E-state index in [4.69, 9.17) is 30.5 Å². The third-order valence-corrected chi connectivity index (χ3v) is 6.24. The van der Waals surface area contributed by atoms with Gasteiger partial charge >= 0.3 is 0 Å². The summed E-state index contributed by atoms with van der Waals surface area (Å²) >= 11 is 6.43. The minimum absolute atomic E-state index is 0.123. The van der Waals surface area contributed by atoms with Crippen molar-refractivity contribution in [2.75, 3.05) is 39.6 Å². The highest BCUT2D eigenvalue weighted by Crippen LogP contribution is 2.44. The van der Waals surface area contributed by atoms with Gasteiger partial charge in [0, 0.05) is 46.6 Å². The van der Waals surface area contributed by atoms with E-state index in [1.165, 1.54) is 0 Å². The van der Waals surface area contributed by atoms with Crippen molar-refractivity contribution in [1.82, 2.24) is 0 Å². The lowest BCUT2D eigenvalue weighted by atomic mass is 9.90. The van der Waals surface area contributed by atoms with Crippen molar-refractivity contribution in [1.29, 1.82) is 0 Å². The highest BCUT2D eigenvalue weighted by atomic mass is 35.5. The smallest absolute Gasteiger partial charge is 0.131 e. The minimum Gasteiger partial charge on any atom is -0.490 e. The van der Waals surface area contributed by atoms with Gasteiger partial charge in [-0.2, -0.15) is 0 Å². The number of hydrogen-bond acceptors (Lipinski definition) is 6. The van der Waals surface area contributed by atoms with Crippen LogP contribution in [0.25, 0.3) is 10.8 Å². The second-order valence-electron chi connectivity index (χ2n) is 8.98. The Morgan fingerprint density at radius 3 is 1.83 bits per heavy atom. The number of benzene rings is 2.